The SMILES string of the molecule is Cl.NCCCOC1CCN(C(=O)c2ccc(-c3ncon3)cc2)CC1. The Morgan fingerprint density at radius 3 is 2.60 bits per heavy atom. The van der Waals surface area contributed by atoms with Gasteiger partial charge in [-0.2, -0.15) is 4.98 Å². The Kier molecular flexibility index (Phi) is 7.36. The lowest BCUT2D eigenvalue weighted by molar-refractivity contribution is 0.00845. The molecule has 1 aliphatic heterocycles. The zero-order valence-electron chi connectivity index (χ0n) is 14.0. The van der Waals surface area contributed by atoms with Crippen LogP contribution in [0, 0.1) is 0 Å². The van der Waals surface area contributed by atoms with E-state index in [4.69, 9.17) is 15.0 Å². The number of benzene rings is 1. The maximum atomic E-state index is 12.6. The number of nitrogens with two attached hydrogens (primary N) is 1. The first-order chi connectivity index (χ1) is 11.8. The van der Waals surface area contributed by atoms with Crippen molar-refractivity contribution in [1.29, 1.82) is 0 Å². The van der Waals surface area contributed by atoms with Crippen LogP contribution in [-0.2, 0) is 4.74 Å². The van der Waals surface area contributed by atoms with Crippen molar-refractivity contribution in [2.24, 2.45) is 5.73 Å². The summed E-state index contributed by atoms with van der Waals surface area (Å²) in [5, 5.41) is 3.79. The first-order valence-corrected chi connectivity index (χ1v) is 8.25. The van der Waals surface area contributed by atoms with Gasteiger partial charge in [0.15, 0.2) is 0 Å². The quantitative estimate of drug-likeness (QED) is 0.787. The van der Waals surface area contributed by atoms with Crippen LogP contribution >= 0.6 is 12.4 Å². The van der Waals surface area contributed by atoms with E-state index in [0.29, 0.717) is 24.5 Å². The van der Waals surface area contributed by atoms with Gasteiger partial charge in [-0.3, -0.25) is 4.79 Å². The molecule has 1 fully saturated rings. The number of hydrogen-bond acceptors (Lipinski definition) is 6. The fourth-order valence-corrected chi connectivity index (χ4v) is 2.80. The van der Waals surface area contributed by atoms with E-state index in [1.807, 2.05) is 17.0 Å². The number of piperidine rings is 1. The Bertz CT molecular complexity index is 640. The first-order valence-electron chi connectivity index (χ1n) is 8.25. The summed E-state index contributed by atoms with van der Waals surface area (Å²) in [4.78, 5) is 18.5. The van der Waals surface area contributed by atoms with Crippen molar-refractivity contribution in [3.05, 3.63) is 36.2 Å². The molecule has 1 aromatic carbocycles. The molecule has 7 nitrogen and oxygen atoms in total. The number of halogens is 1. The normalized spacial score (nSPS) is 15.0. The third kappa shape index (κ3) is 5.01. The molecule has 0 spiro atoms. The summed E-state index contributed by atoms with van der Waals surface area (Å²) >= 11 is 0. The molecular weight excluding hydrogens is 344 g/mol. The summed E-state index contributed by atoms with van der Waals surface area (Å²) in [6.45, 7) is 2.79. The molecule has 1 amide bonds. The maximum absolute atomic E-state index is 12.6. The van der Waals surface area contributed by atoms with E-state index < -0.39 is 0 Å². The van der Waals surface area contributed by atoms with Crippen molar-refractivity contribution >= 4 is 18.3 Å². The van der Waals surface area contributed by atoms with Gasteiger partial charge in [-0.05, 0) is 37.9 Å². The van der Waals surface area contributed by atoms with Crippen molar-refractivity contribution in [1.82, 2.24) is 15.0 Å². The van der Waals surface area contributed by atoms with Crippen LogP contribution in [0.5, 0.6) is 0 Å². The zero-order valence-corrected chi connectivity index (χ0v) is 14.8. The number of aromatic nitrogens is 2. The van der Waals surface area contributed by atoms with E-state index in [9.17, 15) is 4.79 Å². The molecule has 2 heterocycles. The molecule has 3 rings (SSSR count). The van der Waals surface area contributed by atoms with Gasteiger partial charge in [0.2, 0.25) is 12.2 Å². The molecule has 0 saturated carbocycles. The molecule has 1 aromatic heterocycles. The molecular formula is C17H23ClN4O3. The molecule has 8 heteroatoms. The largest absolute Gasteiger partial charge is 0.378 e. The molecule has 1 saturated heterocycles. The summed E-state index contributed by atoms with van der Waals surface area (Å²) in [5.41, 5.74) is 6.96. The van der Waals surface area contributed by atoms with Gasteiger partial charge in [0.25, 0.3) is 5.91 Å². The van der Waals surface area contributed by atoms with Gasteiger partial charge >= 0.3 is 0 Å². The van der Waals surface area contributed by atoms with Crippen LogP contribution in [0.25, 0.3) is 11.4 Å². The smallest absolute Gasteiger partial charge is 0.253 e. The maximum Gasteiger partial charge on any atom is 0.253 e. The van der Waals surface area contributed by atoms with Crippen LogP contribution in [0.4, 0.5) is 0 Å². The molecule has 25 heavy (non-hydrogen) atoms. The highest BCUT2D eigenvalue weighted by Crippen LogP contribution is 2.19. The molecule has 2 aromatic rings. The number of rotatable bonds is 6. The summed E-state index contributed by atoms with van der Waals surface area (Å²) < 4.78 is 10.5. The fraction of sp³-hybridized carbons (Fsp3) is 0.471. The van der Waals surface area contributed by atoms with Crippen LogP contribution in [0.2, 0.25) is 0 Å². The lowest BCUT2D eigenvalue weighted by Gasteiger charge is -2.32. The number of carbonyl (C=O) groups is 1. The first kappa shape index (κ1) is 19.4. The van der Waals surface area contributed by atoms with Gasteiger partial charge in [0, 0.05) is 30.8 Å². The van der Waals surface area contributed by atoms with E-state index in [-0.39, 0.29) is 24.4 Å². The second-order valence-corrected chi connectivity index (χ2v) is 5.84. The third-order valence-corrected chi connectivity index (χ3v) is 4.18. The van der Waals surface area contributed by atoms with Gasteiger partial charge < -0.3 is 19.9 Å². The number of likely N-dealkylation sites (tertiary alicyclic amines) is 1. The summed E-state index contributed by atoms with van der Waals surface area (Å²) in [6.07, 6.45) is 4.15. The second-order valence-electron chi connectivity index (χ2n) is 5.84. The predicted molar refractivity (Wildman–Crippen MR) is 95.5 cm³/mol. The van der Waals surface area contributed by atoms with E-state index in [1.165, 1.54) is 6.39 Å². The highest BCUT2D eigenvalue weighted by Gasteiger charge is 2.24. The molecule has 0 atom stereocenters. The van der Waals surface area contributed by atoms with Crippen molar-refractivity contribution < 1.29 is 14.1 Å². The average Bonchev–Trinajstić information content (AvgIpc) is 3.17. The van der Waals surface area contributed by atoms with E-state index in [1.54, 1.807) is 12.1 Å². The minimum absolute atomic E-state index is 0. The van der Waals surface area contributed by atoms with Crippen LogP contribution < -0.4 is 5.73 Å². The van der Waals surface area contributed by atoms with Crippen molar-refractivity contribution in [2.75, 3.05) is 26.2 Å². The average molecular weight is 367 g/mol. The van der Waals surface area contributed by atoms with E-state index in [2.05, 4.69) is 10.1 Å². The van der Waals surface area contributed by atoms with Crippen molar-refractivity contribution in [3.8, 4) is 11.4 Å². The Morgan fingerprint density at radius 2 is 2.00 bits per heavy atom. The summed E-state index contributed by atoms with van der Waals surface area (Å²) in [7, 11) is 0. The van der Waals surface area contributed by atoms with E-state index >= 15 is 0 Å². The fourth-order valence-electron chi connectivity index (χ4n) is 2.80. The molecule has 0 unspecified atom stereocenters. The van der Waals surface area contributed by atoms with Crippen LogP contribution in [0.15, 0.2) is 35.2 Å². The van der Waals surface area contributed by atoms with Gasteiger partial charge in [-0.25, -0.2) is 0 Å². The Balaban J connectivity index is 0.00000225. The van der Waals surface area contributed by atoms with Gasteiger partial charge in [0.1, 0.15) is 0 Å². The predicted octanol–water partition coefficient (Wildman–Crippen LogP) is 2.13. The third-order valence-electron chi connectivity index (χ3n) is 4.18. The van der Waals surface area contributed by atoms with Gasteiger partial charge in [-0.1, -0.05) is 17.3 Å². The Labute approximate surface area is 152 Å². The monoisotopic (exact) mass is 366 g/mol. The van der Waals surface area contributed by atoms with Crippen LogP contribution in [0.3, 0.4) is 0 Å². The Morgan fingerprint density at radius 1 is 1.28 bits per heavy atom. The van der Waals surface area contributed by atoms with Crippen LogP contribution in [-0.4, -0.2) is 53.3 Å². The minimum Gasteiger partial charge on any atom is -0.378 e. The number of amides is 1. The van der Waals surface area contributed by atoms with Crippen molar-refractivity contribution in [3.63, 3.8) is 0 Å². The number of hydrogen-bond donors (Lipinski definition) is 1. The lowest BCUT2D eigenvalue weighted by Crippen LogP contribution is -2.41. The highest BCUT2D eigenvalue weighted by atomic mass is 35.5. The van der Waals surface area contributed by atoms with Gasteiger partial charge in [-0.15, -0.1) is 12.4 Å². The van der Waals surface area contributed by atoms with Crippen LogP contribution in [0.1, 0.15) is 29.6 Å². The topological polar surface area (TPSA) is 94.5 Å². The number of carbonyl (C=O) groups excluding carboxylic acids is 1. The molecule has 0 aliphatic carbocycles. The number of nitrogens with zero attached hydrogens (tertiary/aromatic N) is 3. The highest BCUT2D eigenvalue weighted by molar-refractivity contribution is 5.94. The molecule has 136 valence electrons. The van der Waals surface area contributed by atoms with Crippen molar-refractivity contribution in [2.45, 2.75) is 25.4 Å². The Hall–Kier alpha value is -1.96. The van der Waals surface area contributed by atoms with E-state index in [0.717, 1.165) is 37.9 Å². The standard InChI is InChI=1S/C17H22N4O3.ClH/c18-8-1-11-23-15-6-9-21(10-7-15)17(22)14-4-2-13(3-5-14)16-19-12-24-20-16;/h2-5,12,15H,1,6-11,18H2;1H. The second kappa shape index (κ2) is 9.50. The molecule has 0 bridgehead atoms. The molecule has 1 aliphatic rings. The number of ether oxygens (including phenoxy) is 1. The summed E-state index contributed by atoms with van der Waals surface area (Å²) in [6, 6.07) is 7.28. The molecule has 0 radical (unpaired) electrons. The molecule has 2 N–H and O–H groups in total. The zero-order chi connectivity index (χ0) is 16.8. The lowest BCUT2D eigenvalue weighted by atomic mass is 10.1. The summed E-state index contributed by atoms with van der Waals surface area (Å²) in [5.74, 6) is 0.569. The minimum atomic E-state index is 0. The van der Waals surface area contributed by atoms with Gasteiger partial charge in [0.05, 0.1) is 6.10 Å².